The van der Waals surface area contributed by atoms with Gasteiger partial charge in [0.2, 0.25) is 5.79 Å². The third-order valence-electron chi connectivity index (χ3n) is 6.49. The fraction of sp³-hybridized carbons (Fsp3) is 0.0625. The van der Waals surface area contributed by atoms with Crippen molar-refractivity contribution >= 4 is 0 Å². The Labute approximate surface area is 217 Å². The van der Waals surface area contributed by atoms with Gasteiger partial charge in [-0.25, -0.2) is 17.6 Å². The number of hydrogen-bond donors (Lipinski definition) is 2. The lowest BCUT2D eigenvalue weighted by Gasteiger charge is -2.29. The maximum absolute atomic E-state index is 13.9. The summed E-state index contributed by atoms with van der Waals surface area (Å²) in [6.07, 6.45) is 0.349. The Kier molecular flexibility index (Phi) is 6.85. The van der Waals surface area contributed by atoms with E-state index >= 15 is 0 Å². The van der Waals surface area contributed by atoms with Crippen LogP contribution in [-0.2, 0) is 12.2 Å². The summed E-state index contributed by atoms with van der Waals surface area (Å²) in [6.45, 7) is 0. The van der Waals surface area contributed by atoms with Gasteiger partial charge in [-0.05, 0) is 88.3 Å². The molecule has 0 aliphatic carbocycles. The molecule has 38 heavy (non-hydrogen) atoms. The molecular weight excluding hydrogens is 492 g/mol. The van der Waals surface area contributed by atoms with Crippen molar-refractivity contribution in [2.45, 2.75) is 12.2 Å². The zero-order chi connectivity index (χ0) is 26.9. The minimum atomic E-state index is -2.55. The Morgan fingerprint density at radius 3 is 1.39 bits per heavy atom. The summed E-state index contributed by atoms with van der Waals surface area (Å²) in [4.78, 5) is 0. The van der Waals surface area contributed by atoms with Gasteiger partial charge < -0.3 is 10.2 Å². The number of benzene rings is 5. The summed E-state index contributed by atoms with van der Waals surface area (Å²) >= 11 is 0. The first-order valence-electron chi connectivity index (χ1n) is 11.9. The maximum atomic E-state index is 13.9. The van der Waals surface area contributed by atoms with E-state index in [0.29, 0.717) is 28.7 Å². The van der Waals surface area contributed by atoms with Crippen molar-refractivity contribution in [1.29, 1.82) is 0 Å². The molecule has 0 aromatic heterocycles. The molecule has 0 aliphatic rings. The highest BCUT2D eigenvalue weighted by atomic mass is 19.1. The zero-order valence-electron chi connectivity index (χ0n) is 20.0. The van der Waals surface area contributed by atoms with Crippen LogP contribution in [0.5, 0.6) is 0 Å². The molecule has 0 saturated heterocycles. The van der Waals surface area contributed by atoms with Crippen LogP contribution in [0.15, 0.2) is 109 Å². The topological polar surface area (TPSA) is 40.5 Å². The molecule has 5 aromatic carbocycles. The normalized spacial score (nSPS) is 11.5. The van der Waals surface area contributed by atoms with Gasteiger partial charge in [0, 0.05) is 11.1 Å². The SMILES string of the molecule is OC(O)(c1ccc(F)cc1)c1ccc(Cc2ccc(F)cc2)c(-c2ccc(F)cc2)c1-c1ccc(F)cc1. The molecule has 190 valence electrons. The highest BCUT2D eigenvalue weighted by Crippen LogP contribution is 2.43. The summed E-state index contributed by atoms with van der Waals surface area (Å²) in [5.74, 6) is -4.39. The lowest BCUT2D eigenvalue weighted by atomic mass is 9.81. The molecule has 2 nitrogen and oxygen atoms in total. The molecule has 0 saturated carbocycles. The number of hydrogen-bond acceptors (Lipinski definition) is 2. The molecule has 6 heteroatoms. The van der Waals surface area contributed by atoms with Crippen LogP contribution in [0.25, 0.3) is 22.3 Å². The van der Waals surface area contributed by atoms with E-state index in [-0.39, 0.29) is 16.9 Å². The van der Waals surface area contributed by atoms with E-state index in [1.807, 2.05) is 0 Å². The van der Waals surface area contributed by atoms with E-state index < -0.39 is 23.2 Å². The number of halogens is 4. The number of rotatable bonds is 6. The van der Waals surface area contributed by atoms with Crippen molar-refractivity contribution in [3.8, 4) is 22.3 Å². The molecule has 0 fully saturated rings. The molecule has 2 N–H and O–H groups in total. The molecule has 0 bridgehead atoms. The number of aliphatic hydroxyl groups is 2. The predicted molar refractivity (Wildman–Crippen MR) is 138 cm³/mol. The second-order valence-corrected chi connectivity index (χ2v) is 9.02. The lowest BCUT2D eigenvalue weighted by Crippen LogP contribution is -2.28. The van der Waals surface area contributed by atoms with Gasteiger partial charge in [-0.2, -0.15) is 0 Å². The van der Waals surface area contributed by atoms with Crippen molar-refractivity contribution in [2.75, 3.05) is 0 Å². The highest BCUT2D eigenvalue weighted by molar-refractivity contribution is 5.89. The summed E-state index contributed by atoms with van der Waals surface area (Å²) in [6, 6.07) is 25.3. The second kappa shape index (κ2) is 10.2. The molecule has 5 rings (SSSR count). The van der Waals surface area contributed by atoms with E-state index in [1.165, 1.54) is 60.7 Å². The fourth-order valence-electron chi connectivity index (χ4n) is 4.61. The average molecular weight is 515 g/mol. The van der Waals surface area contributed by atoms with Gasteiger partial charge in [0.05, 0.1) is 0 Å². The molecule has 5 aromatic rings. The average Bonchev–Trinajstić information content (AvgIpc) is 2.91. The van der Waals surface area contributed by atoms with Gasteiger partial charge in [-0.1, -0.05) is 60.7 Å². The Hall–Kier alpha value is -4.26. The van der Waals surface area contributed by atoms with E-state index in [0.717, 1.165) is 23.3 Å². The van der Waals surface area contributed by atoms with E-state index in [1.54, 1.807) is 36.4 Å². The smallest absolute Gasteiger partial charge is 0.217 e. The van der Waals surface area contributed by atoms with Crippen LogP contribution < -0.4 is 0 Å². The minimum Gasteiger partial charge on any atom is -0.358 e. The van der Waals surface area contributed by atoms with E-state index in [9.17, 15) is 27.8 Å². The lowest BCUT2D eigenvalue weighted by molar-refractivity contribution is -0.131. The third kappa shape index (κ3) is 5.09. The van der Waals surface area contributed by atoms with Crippen molar-refractivity contribution in [3.63, 3.8) is 0 Å². The standard InChI is InChI=1S/C32H22F4O2/c33-25-10-1-20(2-11-25)19-23-7-18-29(32(37,38)24-8-16-28(36)17-9-24)31(22-5-14-27(35)15-6-22)30(23)21-3-12-26(34)13-4-21/h1-18,37-38H,19H2. The minimum absolute atomic E-state index is 0.0265. The van der Waals surface area contributed by atoms with Crippen LogP contribution in [0, 0.1) is 23.3 Å². The van der Waals surface area contributed by atoms with E-state index in [4.69, 9.17) is 0 Å². The molecule has 0 atom stereocenters. The largest absolute Gasteiger partial charge is 0.358 e. The predicted octanol–water partition coefficient (Wildman–Crippen LogP) is 7.35. The summed E-state index contributed by atoms with van der Waals surface area (Å²) in [7, 11) is 0. The Morgan fingerprint density at radius 2 is 0.895 bits per heavy atom. The molecule has 0 heterocycles. The van der Waals surface area contributed by atoms with Crippen LogP contribution >= 0.6 is 0 Å². The van der Waals surface area contributed by atoms with Gasteiger partial charge in [0.25, 0.3) is 0 Å². The van der Waals surface area contributed by atoms with Crippen molar-refractivity contribution in [2.24, 2.45) is 0 Å². The Balaban J connectivity index is 1.81. The van der Waals surface area contributed by atoms with Gasteiger partial charge in [-0.3, -0.25) is 0 Å². The van der Waals surface area contributed by atoms with Crippen molar-refractivity contribution in [3.05, 3.63) is 155 Å². The molecular formula is C32H22F4O2. The first-order chi connectivity index (χ1) is 18.2. The quantitative estimate of drug-likeness (QED) is 0.184. The molecule has 0 unspecified atom stereocenters. The molecule has 0 radical (unpaired) electrons. The van der Waals surface area contributed by atoms with Crippen LogP contribution in [-0.4, -0.2) is 10.2 Å². The third-order valence-corrected chi connectivity index (χ3v) is 6.49. The van der Waals surface area contributed by atoms with Gasteiger partial charge >= 0.3 is 0 Å². The van der Waals surface area contributed by atoms with Crippen LogP contribution in [0.2, 0.25) is 0 Å². The monoisotopic (exact) mass is 514 g/mol. The Morgan fingerprint density at radius 1 is 0.474 bits per heavy atom. The van der Waals surface area contributed by atoms with Crippen LogP contribution in [0.4, 0.5) is 17.6 Å². The van der Waals surface area contributed by atoms with Crippen molar-refractivity contribution < 1.29 is 27.8 Å². The summed E-state index contributed by atoms with van der Waals surface area (Å²) < 4.78 is 55.0. The van der Waals surface area contributed by atoms with Gasteiger partial charge in [-0.15, -0.1) is 0 Å². The second-order valence-electron chi connectivity index (χ2n) is 9.02. The summed E-state index contributed by atoms with van der Waals surface area (Å²) in [5.41, 5.74) is 3.64. The Bertz CT molecular complexity index is 1560. The van der Waals surface area contributed by atoms with Gasteiger partial charge in [0.1, 0.15) is 23.3 Å². The summed E-state index contributed by atoms with van der Waals surface area (Å²) in [5, 5.41) is 22.9. The maximum Gasteiger partial charge on any atom is 0.217 e. The first-order valence-corrected chi connectivity index (χ1v) is 11.9. The molecule has 0 amide bonds. The fourth-order valence-corrected chi connectivity index (χ4v) is 4.61. The van der Waals surface area contributed by atoms with E-state index in [2.05, 4.69) is 0 Å². The van der Waals surface area contributed by atoms with Gasteiger partial charge in [0.15, 0.2) is 0 Å². The van der Waals surface area contributed by atoms with Crippen LogP contribution in [0.3, 0.4) is 0 Å². The molecule has 0 spiro atoms. The highest BCUT2D eigenvalue weighted by Gasteiger charge is 2.33. The first kappa shape index (κ1) is 25.4. The zero-order valence-corrected chi connectivity index (χ0v) is 20.0. The van der Waals surface area contributed by atoms with Crippen molar-refractivity contribution in [1.82, 2.24) is 0 Å². The molecule has 0 aliphatic heterocycles. The van der Waals surface area contributed by atoms with Crippen LogP contribution in [0.1, 0.15) is 22.3 Å².